The number of carbonyl (C=O) groups is 2. The second-order valence-corrected chi connectivity index (χ2v) is 8.25. The molecule has 0 fully saturated rings. The van der Waals surface area contributed by atoms with Crippen molar-refractivity contribution in [3.8, 4) is 5.69 Å². The van der Waals surface area contributed by atoms with Gasteiger partial charge in [0.25, 0.3) is 0 Å². The normalized spacial score (nSPS) is 19.9. The van der Waals surface area contributed by atoms with Crippen LogP contribution < -0.4 is 10.2 Å². The summed E-state index contributed by atoms with van der Waals surface area (Å²) in [5, 5.41) is 7.33. The molecule has 2 amide bonds. The molecule has 1 atom stereocenters. The highest BCUT2D eigenvalue weighted by Crippen LogP contribution is 2.52. The zero-order valence-electron chi connectivity index (χ0n) is 16.7. The summed E-state index contributed by atoms with van der Waals surface area (Å²) in [5.41, 5.74) is 1.82. The summed E-state index contributed by atoms with van der Waals surface area (Å²) in [4.78, 5) is 28.4. The van der Waals surface area contributed by atoms with Gasteiger partial charge in [-0.15, -0.1) is 0 Å². The van der Waals surface area contributed by atoms with Crippen molar-refractivity contribution in [2.75, 3.05) is 16.8 Å². The number of amides is 2. The molecule has 1 spiro atoms. The number of nitrogens with one attached hydrogen (secondary N) is 1. The fourth-order valence-corrected chi connectivity index (χ4v) is 4.57. The first-order valence-electron chi connectivity index (χ1n) is 9.97. The Bertz CT molecular complexity index is 1170. The van der Waals surface area contributed by atoms with Gasteiger partial charge in [-0.3, -0.25) is 9.59 Å². The van der Waals surface area contributed by atoms with E-state index < -0.39 is 5.41 Å². The number of hydrogen-bond donors (Lipinski definition) is 1. The monoisotopic (exact) mass is 404 g/mol. The van der Waals surface area contributed by atoms with E-state index in [0.717, 1.165) is 11.3 Å². The van der Waals surface area contributed by atoms with Crippen LogP contribution in [0.25, 0.3) is 5.69 Å². The van der Waals surface area contributed by atoms with E-state index in [1.807, 2.05) is 24.3 Å². The maximum absolute atomic E-state index is 13.8. The average molecular weight is 404 g/mol. The van der Waals surface area contributed by atoms with Crippen LogP contribution in [0.3, 0.4) is 0 Å². The Morgan fingerprint density at radius 1 is 1.10 bits per heavy atom. The molecule has 2 aliphatic heterocycles. The Labute approximate surface area is 173 Å². The molecule has 0 unspecified atom stereocenters. The molecule has 0 radical (unpaired) electrons. The number of aromatic nitrogens is 2. The van der Waals surface area contributed by atoms with E-state index in [4.69, 9.17) is 0 Å². The third-order valence-electron chi connectivity index (χ3n) is 5.80. The Hall–Kier alpha value is -3.48. The summed E-state index contributed by atoms with van der Waals surface area (Å²) in [6, 6.07) is 13.5. The molecule has 152 valence electrons. The van der Waals surface area contributed by atoms with Crippen molar-refractivity contribution >= 4 is 23.3 Å². The van der Waals surface area contributed by atoms with Crippen molar-refractivity contribution in [1.82, 2.24) is 9.78 Å². The summed E-state index contributed by atoms with van der Waals surface area (Å²) < 4.78 is 14.9. The second kappa shape index (κ2) is 6.52. The number of benzene rings is 2. The Morgan fingerprint density at radius 2 is 1.83 bits per heavy atom. The minimum absolute atomic E-state index is 0.0273. The first kappa shape index (κ1) is 18.5. The molecule has 1 aromatic heterocycles. The highest BCUT2D eigenvalue weighted by molar-refractivity contribution is 6.15. The number of hydrogen-bond acceptors (Lipinski definition) is 3. The first-order valence-corrected chi connectivity index (χ1v) is 9.97. The summed E-state index contributed by atoms with van der Waals surface area (Å²) in [7, 11) is 0. The molecule has 2 aromatic carbocycles. The SMILES string of the molecule is CC(C)CN1C(=O)[C@@]2(CC(=O)Nc3c2cnn3-c2ccc(F)cc2)c2ccccc21. The predicted molar refractivity (Wildman–Crippen MR) is 111 cm³/mol. The van der Waals surface area contributed by atoms with E-state index in [1.54, 1.807) is 27.9 Å². The van der Waals surface area contributed by atoms with Gasteiger partial charge in [-0.05, 0) is 41.8 Å². The number of nitrogens with zero attached hydrogens (tertiary/aromatic N) is 3. The van der Waals surface area contributed by atoms with Gasteiger partial charge in [0.2, 0.25) is 11.8 Å². The third kappa shape index (κ3) is 2.51. The molecule has 30 heavy (non-hydrogen) atoms. The highest BCUT2D eigenvalue weighted by Gasteiger charge is 2.57. The van der Waals surface area contributed by atoms with Gasteiger partial charge in [-0.2, -0.15) is 5.10 Å². The number of halogens is 1. The lowest BCUT2D eigenvalue weighted by Crippen LogP contribution is -2.47. The quantitative estimate of drug-likeness (QED) is 0.725. The van der Waals surface area contributed by atoms with E-state index in [1.165, 1.54) is 12.1 Å². The largest absolute Gasteiger partial charge is 0.311 e. The minimum atomic E-state index is -1.11. The summed E-state index contributed by atoms with van der Waals surface area (Å²) in [5.74, 6) is 0.0148. The lowest BCUT2D eigenvalue weighted by Gasteiger charge is -2.32. The van der Waals surface area contributed by atoms with Gasteiger partial charge in [-0.25, -0.2) is 9.07 Å². The van der Waals surface area contributed by atoms with Crippen LogP contribution in [0.1, 0.15) is 31.4 Å². The predicted octanol–water partition coefficient (Wildman–Crippen LogP) is 3.64. The molecule has 6 nitrogen and oxygen atoms in total. The van der Waals surface area contributed by atoms with Gasteiger partial charge in [0.15, 0.2) is 0 Å². The number of fused-ring (bicyclic) bond motifs is 4. The van der Waals surface area contributed by atoms with Crippen LogP contribution >= 0.6 is 0 Å². The average Bonchev–Trinajstić information content (AvgIpc) is 3.23. The molecule has 3 aromatic rings. The molecule has 0 saturated heterocycles. The molecular weight excluding hydrogens is 383 g/mol. The van der Waals surface area contributed by atoms with Crippen LogP contribution in [0.5, 0.6) is 0 Å². The fraction of sp³-hybridized carbons (Fsp3) is 0.261. The van der Waals surface area contributed by atoms with E-state index in [9.17, 15) is 14.0 Å². The van der Waals surface area contributed by atoms with Crippen LogP contribution in [0.4, 0.5) is 15.9 Å². The summed E-state index contributed by atoms with van der Waals surface area (Å²) in [6.45, 7) is 4.69. The van der Waals surface area contributed by atoms with E-state index in [0.29, 0.717) is 23.6 Å². The van der Waals surface area contributed by atoms with Crippen LogP contribution in [-0.2, 0) is 15.0 Å². The topological polar surface area (TPSA) is 67.2 Å². The molecule has 2 aliphatic rings. The van der Waals surface area contributed by atoms with Gasteiger partial charge in [0.05, 0.1) is 11.9 Å². The number of para-hydroxylation sites is 1. The maximum Gasteiger partial charge on any atom is 0.242 e. The van der Waals surface area contributed by atoms with Crippen LogP contribution in [0.15, 0.2) is 54.7 Å². The zero-order valence-corrected chi connectivity index (χ0v) is 16.7. The fourth-order valence-electron chi connectivity index (χ4n) is 4.57. The molecule has 5 rings (SSSR count). The lowest BCUT2D eigenvalue weighted by atomic mass is 9.72. The van der Waals surface area contributed by atoms with Crippen molar-refractivity contribution in [2.45, 2.75) is 25.7 Å². The molecule has 0 bridgehead atoms. The molecule has 3 heterocycles. The van der Waals surface area contributed by atoms with Crippen molar-refractivity contribution in [2.24, 2.45) is 5.92 Å². The smallest absolute Gasteiger partial charge is 0.242 e. The molecule has 0 aliphatic carbocycles. The van der Waals surface area contributed by atoms with Gasteiger partial charge in [0, 0.05) is 24.2 Å². The zero-order chi connectivity index (χ0) is 21.0. The maximum atomic E-state index is 13.8. The Morgan fingerprint density at radius 3 is 2.57 bits per heavy atom. The van der Waals surface area contributed by atoms with Gasteiger partial charge < -0.3 is 10.2 Å². The van der Waals surface area contributed by atoms with E-state index >= 15 is 0 Å². The highest BCUT2D eigenvalue weighted by atomic mass is 19.1. The molecular formula is C23H21FN4O2. The third-order valence-corrected chi connectivity index (χ3v) is 5.80. The standard InChI is InChI=1S/C23H21FN4O2/c1-14(2)13-27-19-6-4-3-5-17(19)23(22(27)30)11-20(29)26-21-18(23)12-25-28(21)16-9-7-15(24)8-10-16/h3-10,12,14H,11,13H2,1-2H3,(H,26,29)/t23-/m0/s1. The summed E-state index contributed by atoms with van der Waals surface area (Å²) in [6.07, 6.45) is 1.67. The second-order valence-electron chi connectivity index (χ2n) is 8.25. The van der Waals surface area contributed by atoms with Gasteiger partial charge in [0.1, 0.15) is 17.1 Å². The molecule has 1 N–H and O–H groups in total. The van der Waals surface area contributed by atoms with E-state index in [2.05, 4.69) is 24.3 Å². The van der Waals surface area contributed by atoms with E-state index in [-0.39, 0.29) is 30.0 Å². The number of rotatable bonds is 3. The summed E-state index contributed by atoms with van der Waals surface area (Å²) >= 11 is 0. The lowest BCUT2D eigenvalue weighted by molar-refractivity contribution is -0.126. The molecule has 0 saturated carbocycles. The first-order chi connectivity index (χ1) is 14.4. The van der Waals surface area contributed by atoms with Crippen molar-refractivity contribution in [3.05, 3.63) is 71.7 Å². The van der Waals surface area contributed by atoms with Crippen LogP contribution in [0, 0.1) is 11.7 Å². The van der Waals surface area contributed by atoms with Crippen molar-refractivity contribution in [3.63, 3.8) is 0 Å². The van der Waals surface area contributed by atoms with Gasteiger partial charge >= 0.3 is 0 Å². The minimum Gasteiger partial charge on any atom is -0.311 e. The number of carbonyl (C=O) groups excluding carboxylic acids is 2. The van der Waals surface area contributed by atoms with Crippen molar-refractivity contribution in [1.29, 1.82) is 0 Å². The van der Waals surface area contributed by atoms with Crippen molar-refractivity contribution < 1.29 is 14.0 Å². The van der Waals surface area contributed by atoms with Crippen LogP contribution in [0.2, 0.25) is 0 Å². The number of anilines is 2. The Kier molecular flexibility index (Phi) is 4.03. The van der Waals surface area contributed by atoms with Crippen LogP contribution in [-0.4, -0.2) is 28.1 Å². The molecule has 7 heteroatoms. The Balaban J connectivity index is 1.72. The van der Waals surface area contributed by atoms with Gasteiger partial charge in [-0.1, -0.05) is 32.0 Å².